The third-order valence-corrected chi connectivity index (χ3v) is 7.26. The van der Waals surface area contributed by atoms with Crippen molar-refractivity contribution in [2.75, 3.05) is 36.6 Å². The van der Waals surface area contributed by atoms with Crippen LogP contribution in [0.1, 0.15) is 36.7 Å². The number of hydrazine groups is 1. The molecule has 8 nitrogen and oxygen atoms in total. The summed E-state index contributed by atoms with van der Waals surface area (Å²) in [6.45, 7) is 9.26. The Labute approximate surface area is 240 Å². The van der Waals surface area contributed by atoms with E-state index < -0.39 is 0 Å². The van der Waals surface area contributed by atoms with Gasteiger partial charge in [0.15, 0.2) is 11.5 Å². The van der Waals surface area contributed by atoms with Crippen LogP contribution in [0.25, 0.3) is 16.9 Å². The van der Waals surface area contributed by atoms with Crippen LogP contribution in [-0.4, -0.2) is 51.6 Å². The normalized spacial score (nSPS) is 14.2. The van der Waals surface area contributed by atoms with Gasteiger partial charge in [-0.25, -0.2) is 15.0 Å². The highest BCUT2D eigenvalue weighted by Crippen LogP contribution is 2.32. The Balaban J connectivity index is 1.34. The van der Waals surface area contributed by atoms with Gasteiger partial charge in [-0.1, -0.05) is 63.2 Å². The number of imidazole rings is 1. The molecule has 1 aliphatic rings. The summed E-state index contributed by atoms with van der Waals surface area (Å²) < 4.78 is 7.64. The zero-order valence-electron chi connectivity index (χ0n) is 23.6. The number of carbonyl (C=O) groups excluding carboxylic acids is 1. The number of carbonyl (C=O) groups is 1. The second-order valence-corrected chi connectivity index (χ2v) is 11.2. The number of rotatable bonds is 6. The molecule has 1 amide bonds. The first-order valence-electron chi connectivity index (χ1n) is 13.9. The topological polar surface area (TPSA) is 75.0 Å². The minimum absolute atomic E-state index is 0.0311. The lowest BCUT2D eigenvalue weighted by molar-refractivity contribution is 0.0376. The van der Waals surface area contributed by atoms with Gasteiger partial charge in [-0.15, -0.1) is 0 Å². The van der Waals surface area contributed by atoms with E-state index in [2.05, 4.69) is 53.2 Å². The molecule has 5 aromatic rings. The lowest BCUT2D eigenvalue weighted by Gasteiger charge is -2.38. The summed E-state index contributed by atoms with van der Waals surface area (Å²) in [4.78, 5) is 22.9. The van der Waals surface area contributed by atoms with Gasteiger partial charge >= 0.3 is 0 Å². The van der Waals surface area contributed by atoms with Crippen molar-refractivity contribution in [2.24, 2.45) is 0 Å². The fourth-order valence-corrected chi connectivity index (χ4v) is 5.02. The van der Waals surface area contributed by atoms with Crippen molar-refractivity contribution >= 4 is 28.7 Å². The maximum absolute atomic E-state index is 13.1. The number of anilines is 3. The van der Waals surface area contributed by atoms with Crippen LogP contribution in [0.2, 0.25) is 0 Å². The highest BCUT2D eigenvalue weighted by molar-refractivity contribution is 6.04. The third-order valence-electron chi connectivity index (χ3n) is 7.26. The van der Waals surface area contributed by atoms with E-state index in [0.717, 1.165) is 41.5 Å². The minimum atomic E-state index is -0.149. The van der Waals surface area contributed by atoms with Gasteiger partial charge in [-0.3, -0.25) is 9.80 Å². The highest BCUT2D eigenvalue weighted by Gasteiger charge is 2.25. The predicted octanol–water partition coefficient (Wildman–Crippen LogP) is 6.33. The molecule has 0 radical (unpaired) electrons. The van der Waals surface area contributed by atoms with Crippen molar-refractivity contribution in [2.45, 2.75) is 26.2 Å². The summed E-state index contributed by atoms with van der Waals surface area (Å²) in [5, 5.41) is 7.45. The quantitative estimate of drug-likeness (QED) is 0.268. The third kappa shape index (κ3) is 5.70. The lowest BCUT2D eigenvalue weighted by Crippen LogP contribution is -2.47. The van der Waals surface area contributed by atoms with Crippen molar-refractivity contribution in [3.8, 4) is 11.3 Å². The van der Waals surface area contributed by atoms with E-state index in [9.17, 15) is 4.79 Å². The molecule has 0 spiro atoms. The average Bonchev–Trinajstić information content (AvgIpc) is 3.47. The maximum Gasteiger partial charge on any atom is 0.255 e. The number of nitrogens with one attached hydrogen (secondary N) is 1. The monoisotopic (exact) mass is 546 g/mol. The second kappa shape index (κ2) is 11.2. The number of nitrogens with zero attached hydrogens (tertiary/aromatic N) is 5. The molecule has 3 heterocycles. The van der Waals surface area contributed by atoms with Crippen molar-refractivity contribution in [3.63, 3.8) is 0 Å². The number of benzene rings is 3. The molecule has 8 heteroatoms. The highest BCUT2D eigenvalue weighted by atomic mass is 16.5. The van der Waals surface area contributed by atoms with E-state index in [-0.39, 0.29) is 11.3 Å². The van der Waals surface area contributed by atoms with Gasteiger partial charge in [-0.2, -0.15) is 0 Å². The number of ether oxygens (including phenoxy) is 1. The first-order valence-corrected chi connectivity index (χ1v) is 13.9. The van der Waals surface area contributed by atoms with E-state index in [1.807, 2.05) is 83.5 Å². The summed E-state index contributed by atoms with van der Waals surface area (Å²) in [5.74, 6) is 0.581. The van der Waals surface area contributed by atoms with E-state index in [4.69, 9.17) is 9.72 Å². The van der Waals surface area contributed by atoms with E-state index in [1.165, 1.54) is 5.56 Å². The predicted molar refractivity (Wildman–Crippen MR) is 162 cm³/mol. The molecule has 1 saturated heterocycles. The number of fused-ring (bicyclic) bond motifs is 1. The molecule has 1 aliphatic heterocycles. The van der Waals surface area contributed by atoms with Crippen LogP contribution in [0.15, 0.2) is 97.5 Å². The number of hydrogen-bond acceptors (Lipinski definition) is 6. The minimum Gasteiger partial charge on any atom is -0.379 e. The van der Waals surface area contributed by atoms with Crippen LogP contribution in [0, 0.1) is 0 Å². The number of aromatic nitrogens is 3. The summed E-state index contributed by atoms with van der Waals surface area (Å²) in [6.07, 6.45) is 5.69. The standard InChI is InChI=1S/C33H34N6O2/c1-33(2,3)26-14-12-24(13-15-26)32(40)35-27-9-7-8-25(22-27)29-23-37-17-16-34-30(37)31(36-29)39(28-10-5-4-6-11-28)38-18-20-41-21-19-38/h4-17,22-23H,18-21H2,1-3H3,(H,35,40). The molecule has 0 unspecified atom stereocenters. The molecule has 1 N–H and O–H groups in total. The molecule has 0 aliphatic carbocycles. The Morgan fingerprint density at radius 3 is 2.44 bits per heavy atom. The van der Waals surface area contributed by atoms with Crippen LogP contribution in [-0.2, 0) is 10.2 Å². The fraction of sp³-hybridized carbons (Fsp3) is 0.242. The van der Waals surface area contributed by atoms with E-state index in [0.29, 0.717) is 24.5 Å². The summed E-state index contributed by atoms with van der Waals surface area (Å²) in [7, 11) is 0. The van der Waals surface area contributed by atoms with Gasteiger partial charge in [0.05, 0.1) is 24.6 Å². The number of para-hydroxylation sites is 1. The molecule has 0 atom stereocenters. The molecule has 0 bridgehead atoms. The number of morpholine rings is 1. The second-order valence-electron chi connectivity index (χ2n) is 11.2. The largest absolute Gasteiger partial charge is 0.379 e. The zero-order valence-corrected chi connectivity index (χ0v) is 23.6. The molecule has 208 valence electrons. The Kier molecular flexibility index (Phi) is 7.26. The molecule has 0 saturated carbocycles. The van der Waals surface area contributed by atoms with Crippen LogP contribution in [0.3, 0.4) is 0 Å². The van der Waals surface area contributed by atoms with Crippen molar-refractivity contribution in [1.82, 2.24) is 19.4 Å². The van der Waals surface area contributed by atoms with Gasteiger partial charge in [0.2, 0.25) is 0 Å². The smallest absolute Gasteiger partial charge is 0.255 e. The fourth-order valence-electron chi connectivity index (χ4n) is 5.02. The van der Waals surface area contributed by atoms with Crippen LogP contribution >= 0.6 is 0 Å². The SMILES string of the molecule is CC(C)(C)c1ccc(C(=O)Nc2cccc(-c3cn4ccnc4c(N(c4ccccc4)N4CCOCC4)n3)c2)cc1. The van der Waals surface area contributed by atoms with Crippen molar-refractivity contribution < 1.29 is 9.53 Å². The molecule has 3 aromatic carbocycles. The molecule has 2 aromatic heterocycles. The molecule has 41 heavy (non-hydrogen) atoms. The molecular weight excluding hydrogens is 512 g/mol. The summed E-state index contributed by atoms with van der Waals surface area (Å²) >= 11 is 0. The van der Waals surface area contributed by atoms with Gasteiger partial charge in [0.25, 0.3) is 5.91 Å². The Bertz CT molecular complexity index is 1650. The van der Waals surface area contributed by atoms with Gasteiger partial charge < -0.3 is 14.5 Å². The van der Waals surface area contributed by atoms with E-state index in [1.54, 1.807) is 6.20 Å². The summed E-state index contributed by atoms with van der Waals surface area (Å²) in [5.41, 5.74) is 5.96. The first-order chi connectivity index (χ1) is 19.9. The molecular formula is C33H34N6O2. The molecule has 1 fully saturated rings. The first kappa shape index (κ1) is 26.7. The Morgan fingerprint density at radius 2 is 1.71 bits per heavy atom. The Morgan fingerprint density at radius 1 is 0.951 bits per heavy atom. The molecule has 6 rings (SSSR count). The Hall–Kier alpha value is -4.53. The van der Waals surface area contributed by atoms with Gasteiger partial charge in [0.1, 0.15) is 0 Å². The van der Waals surface area contributed by atoms with Crippen LogP contribution < -0.4 is 10.3 Å². The van der Waals surface area contributed by atoms with Gasteiger partial charge in [-0.05, 0) is 47.4 Å². The lowest BCUT2D eigenvalue weighted by atomic mass is 9.87. The summed E-state index contributed by atoms with van der Waals surface area (Å²) in [6, 6.07) is 25.8. The zero-order chi connectivity index (χ0) is 28.4. The van der Waals surface area contributed by atoms with Crippen molar-refractivity contribution in [1.29, 1.82) is 0 Å². The van der Waals surface area contributed by atoms with Crippen LogP contribution in [0.5, 0.6) is 0 Å². The van der Waals surface area contributed by atoms with Crippen LogP contribution in [0.4, 0.5) is 17.2 Å². The van der Waals surface area contributed by atoms with E-state index >= 15 is 0 Å². The van der Waals surface area contributed by atoms with Crippen molar-refractivity contribution in [3.05, 3.63) is 109 Å². The van der Waals surface area contributed by atoms with Gasteiger partial charge in [0, 0.05) is 48.5 Å². The number of amides is 1. The average molecular weight is 547 g/mol. The maximum atomic E-state index is 13.1. The number of hydrogen-bond donors (Lipinski definition) is 1.